The number of rotatable bonds is 2. The zero-order valence-electron chi connectivity index (χ0n) is 13.2. The lowest BCUT2D eigenvalue weighted by molar-refractivity contribution is 0.0205. The van der Waals surface area contributed by atoms with Gasteiger partial charge in [-0.3, -0.25) is 4.90 Å². The van der Waals surface area contributed by atoms with Gasteiger partial charge in [-0.2, -0.15) is 0 Å². The number of aromatic nitrogens is 1. The van der Waals surface area contributed by atoms with E-state index in [9.17, 15) is 14.3 Å². The second-order valence-electron chi connectivity index (χ2n) is 6.29. The molecule has 2 rings (SSSR count). The van der Waals surface area contributed by atoms with Crippen LogP contribution in [0.2, 0.25) is 0 Å². The van der Waals surface area contributed by atoms with Crippen LogP contribution in [0.15, 0.2) is 12.3 Å². The summed E-state index contributed by atoms with van der Waals surface area (Å²) in [4.78, 5) is 17.6. The average Bonchev–Trinajstić information content (AvgIpc) is 2.79. The third-order valence-electron chi connectivity index (χ3n) is 3.30. The summed E-state index contributed by atoms with van der Waals surface area (Å²) in [5.41, 5.74) is -0.232. The van der Waals surface area contributed by atoms with Gasteiger partial charge in [0.1, 0.15) is 11.4 Å². The molecule has 1 aromatic heterocycles. The molecule has 1 unspecified atom stereocenters. The van der Waals surface area contributed by atoms with Gasteiger partial charge >= 0.3 is 6.09 Å². The van der Waals surface area contributed by atoms with Crippen molar-refractivity contribution in [2.45, 2.75) is 44.9 Å². The van der Waals surface area contributed by atoms with Crippen LogP contribution in [0.1, 0.15) is 38.8 Å². The Balaban J connectivity index is 2.32. The van der Waals surface area contributed by atoms with Crippen LogP contribution in [0.5, 0.6) is 5.88 Å². The summed E-state index contributed by atoms with van der Waals surface area (Å²) in [5.74, 6) is -0.296. The summed E-state index contributed by atoms with van der Waals surface area (Å²) in [7, 11) is 1.42. The lowest BCUT2D eigenvalue weighted by Crippen LogP contribution is -2.37. The number of aliphatic hydroxyl groups excluding tert-OH is 1. The van der Waals surface area contributed by atoms with Crippen molar-refractivity contribution < 1.29 is 23.8 Å². The molecule has 1 fully saturated rings. The first-order valence-corrected chi connectivity index (χ1v) is 7.08. The number of hydrogen-bond donors (Lipinski definition) is 1. The number of β-amino-alcohol motifs (C(OH)–C–C–N with tert-alkyl or cyclic N) is 1. The Kier molecular flexibility index (Phi) is 4.55. The lowest BCUT2D eigenvalue weighted by Gasteiger charge is -2.29. The Bertz CT molecular complexity index is 559. The molecule has 1 saturated heterocycles. The van der Waals surface area contributed by atoms with Crippen molar-refractivity contribution in [3.05, 3.63) is 23.6 Å². The molecule has 0 aliphatic carbocycles. The predicted molar refractivity (Wildman–Crippen MR) is 77.1 cm³/mol. The van der Waals surface area contributed by atoms with Crippen LogP contribution < -0.4 is 4.74 Å². The second-order valence-corrected chi connectivity index (χ2v) is 6.29. The number of nitrogens with zero attached hydrogens (tertiary/aromatic N) is 2. The molecular weight excluding hydrogens is 291 g/mol. The van der Waals surface area contributed by atoms with Crippen molar-refractivity contribution in [1.29, 1.82) is 0 Å². The SMILES string of the molecule is COc1ncc(F)cc1C1C[C@@H](O)CN1C(=O)OC(C)(C)C. The number of hydrogen-bond acceptors (Lipinski definition) is 5. The standard InChI is InChI=1S/C15H21FN2O4/c1-15(2,3)22-14(20)18-8-10(19)6-12(18)11-5-9(16)7-17-13(11)21-4/h5,7,10,12,19H,6,8H2,1-4H3/t10-,12?/m1/s1. The highest BCUT2D eigenvalue weighted by molar-refractivity contribution is 5.69. The molecule has 1 aliphatic rings. The molecule has 7 heteroatoms. The molecule has 1 amide bonds. The Morgan fingerprint density at radius 2 is 2.18 bits per heavy atom. The van der Waals surface area contributed by atoms with Gasteiger partial charge in [0.2, 0.25) is 5.88 Å². The van der Waals surface area contributed by atoms with Gasteiger partial charge in [0.15, 0.2) is 0 Å². The Labute approximate surface area is 128 Å². The van der Waals surface area contributed by atoms with Crippen molar-refractivity contribution >= 4 is 6.09 Å². The number of amides is 1. The third kappa shape index (κ3) is 3.65. The molecule has 0 bridgehead atoms. The van der Waals surface area contributed by atoms with Crippen LogP contribution in [-0.2, 0) is 4.74 Å². The summed E-state index contributed by atoms with van der Waals surface area (Å²) in [5, 5.41) is 9.91. The van der Waals surface area contributed by atoms with Gasteiger partial charge in [-0.05, 0) is 33.3 Å². The van der Waals surface area contributed by atoms with Gasteiger partial charge in [0, 0.05) is 5.56 Å². The molecule has 22 heavy (non-hydrogen) atoms. The van der Waals surface area contributed by atoms with Crippen LogP contribution in [-0.4, -0.2) is 46.4 Å². The van der Waals surface area contributed by atoms with E-state index in [1.807, 2.05) is 0 Å². The molecule has 122 valence electrons. The summed E-state index contributed by atoms with van der Waals surface area (Å²) >= 11 is 0. The second kappa shape index (κ2) is 6.08. The van der Waals surface area contributed by atoms with Gasteiger partial charge in [-0.1, -0.05) is 0 Å². The maximum atomic E-state index is 13.5. The minimum absolute atomic E-state index is 0.124. The third-order valence-corrected chi connectivity index (χ3v) is 3.30. The fourth-order valence-electron chi connectivity index (χ4n) is 2.48. The van der Waals surface area contributed by atoms with E-state index >= 15 is 0 Å². The van der Waals surface area contributed by atoms with E-state index in [4.69, 9.17) is 9.47 Å². The molecule has 0 saturated carbocycles. The molecule has 1 N–H and O–H groups in total. The lowest BCUT2D eigenvalue weighted by atomic mass is 10.1. The number of carbonyl (C=O) groups excluding carboxylic acids is 1. The molecule has 6 nitrogen and oxygen atoms in total. The number of likely N-dealkylation sites (tertiary alicyclic amines) is 1. The fourth-order valence-corrected chi connectivity index (χ4v) is 2.48. The number of carbonyl (C=O) groups is 1. The Morgan fingerprint density at radius 1 is 1.50 bits per heavy atom. The molecular formula is C15H21FN2O4. The van der Waals surface area contributed by atoms with E-state index in [0.29, 0.717) is 5.56 Å². The van der Waals surface area contributed by atoms with E-state index in [-0.39, 0.29) is 18.8 Å². The summed E-state index contributed by atoms with van der Waals surface area (Å²) in [6.45, 7) is 5.41. The maximum Gasteiger partial charge on any atom is 0.410 e. The van der Waals surface area contributed by atoms with Gasteiger partial charge in [0.05, 0.1) is 32.0 Å². The summed E-state index contributed by atoms with van der Waals surface area (Å²) < 4.78 is 24.0. The topological polar surface area (TPSA) is 71.9 Å². The normalized spacial score (nSPS) is 21.8. The number of ether oxygens (including phenoxy) is 2. The quantitative estimate of drug-likeness (QED) is 0.907. The number of methoxy groups -OCH3 is 1. The molecule has 0 radical (unpaired) electrons. The van der Waals surface area contributed by atoms with Gasteiger partial charge in [0.25, 0.3) is 0 Å². The summed E-state index contributed by atoms with van der Waals surface area (Å²) in [6, 6.07) is 0.731. The highest BCUT2D eigenvalue weighted by Crippen LogP contribution is 2.37. The van der Waals surface area contributed by atoms with Crippen LogP contribution >= 0.6 is 0 Å². The van der Waals surface area contributed by atoms with E-state index in [1.165, 1.54) is 18.1 Å². The Hall–Kier alpha value is -1.89. The molecule has 1 aromatic rings. The first-order valence-electron chi connectivity index (χ1n) is 7.08. The van der Waals surface area contributed by atoms with Crippen LogP contribution in [0.25, 0.3) is 0 Å². The van der Waals surface area contributed by atoms with E-state index in [0.717, 1.165) is 6.20 Å². The van der Waals surface area contributed by atoms with Crippen molar-refractivity contribution in [2.75, 3.05) is 13.7 Å². The highest BCUT2D eigenvalue weighted by atomic mass is 19.1. The summed E-state index contributed by atoms with van der Waals surface area (Å²) in [6.07, 6.45) is 0.0672. The van der Waals surface area contributed by atoms with Crippen molar-refractivity contribution in [2.24, 2.45) is 0 Å². The van der Waals surface area contributed by atoms with Crippen LogP contribution in [0, 0.1) is 5.82 Å². The van der Waals surface area contributed by atoms with Crippen LogP contribution in [0.3, 0.4) is 0 Å². The molecule has 2 heterocycles. The molecule has 0 spiro atoms. The average molecular weight is 312 g/mol. The predicted octanol–water partition coefficient (Wildman–Crippen LogP) is 2.27. The molecule has 1 aliphatic heterocycles. The number of aliphatic hydroxyl groups is 1. The minimum atomic E-state index is -0.703. The zero-order chi connectivity index (χ0) is 16.5. The maximum absolute atomic E-state index is 13.5. The zero-order valence-corrected chi connectivity index (χ0v) is 13.2. The van der Waals surface area contributed by atoms with E-state index < -0.39 is 29.7 Å². The fraction of sp³-hybridized carbons (Fsp3) is 0.600. The Morgan fingerprint density at radius 3 is 2.77 bits per heavy atom. The molecule has 0 aromatic carbocycles. The smallest absolute Gasteiger partial charge is 0.410 e. The van der Waals surface area contributed by atoms with Crippen molar-refractivity contribution in [3.63, 3.8) is 0 Å². The van der Waals surface area contributed by atoms with E-state index in [2.05, 4.69) is 4.98 Å². The highest BCUT2D eigenvalue weighted by Gasteiger charge is 2.39. The largest absolute Gasteiger partial charge is 0.481 e. The van der Waals surface area contributed by atoms with Gasteiger partial charge in [-0.15, -0.1) is 0 Å². The first-order chi connectivity index (χ1) is 10.2. The van der Waals surface area contributed by atoms with Crippen LogP contribution in [0.4, 0.5) is 9.18 Å². The van der Waals surface area contributed by atoms with E-state index in [1.54, 1.807) is 20.8 Å². The number of halogens is 1. The number of pyridine rings is 1. The van der Waals surface area contributed by atoms with Gasteiger partial charge in [-0.25, -0.2) is 14.2 Å². The monoisotopic (exact) mass is 312 g/mol. The van der Waals surface area contributed by atoms with Crippen molar-refractivity contribution in [1.82, 2.24) is 9.88 Å². The van der Waals surface area contributed by atoms with Gasteiger partial charge < -0.3 is 14.6 Å². The van der Waals surface area contributed by atoms with Crippen molar-refractivity contribution in [3.8, 4) is 5.88 Å². The minimum Gasteiger partial charge on any atom is -0.481 e. The first kappa shape index (κ1) is 16.5. The molecule has 2 atom stereocenters.